The van der Waals surface area contributed by atoms with E-state index < -0.39 is 28.8 Å². The van der Waals surface area contributed by atoms with E-state index in [2.05, 4.69) is 15.5 Å². The lowest BCUT2D eigenvalue weighted by molar-refractivity contribution is 0.0635. The van der Waals surface area contributed by atoms with E-state index in [1.54, 1.807) is 20.8 Å². The summed E-state index contributed by atoms with van der Waals surface area (Å²) in [6, 6.07) is 0. The molecular formula is C9H13N3O5. The Balaban J connectivity index is 2.86. The number of H-pyrrole nitrogens is 2. The summed E-state index contributed by atoms with van der Waals surface area (Å²) in [4.78, 5) is 33.2. The maximum atomic E-state index is 11.3. The number of carboxylic acids is 1. The predicted molar refractivity (Wildman–Crippen MR) is 58.2 cm³/mol. The van der Waals surface area contributed by atoms with E-state index in [-0.39, 0.29) is 5.82 Å². The van der Waals surface area contributed by atoms with Crippen LogP contribution in [-0.4, -0.2) is 33.0 Å². The molecule has 1 aromatic rings. The highest BCUT2D eigenvalue weighted by molar-refractivity contribution is 5.97. The fourth-order valence-electron chi connectivity index (χ4n) is 1.06. The lowest BCUT2D eigenvalue weighted by atomic mass is 10.2. The zero-order valence-electron chi connectivity index (χ0n) is 9.58. The Morgan fingerprint density at radius 3 is 2.35 bits per heavy atom. The second-order valence-corrected chi connectivity index (χ2v) is 4.26. The first-order valence-corrected chi connectivity index (χ1v) is 4.74. The van der Waals surface area contributed by atoms with Gasteiger partial charge in [-0.25, -0.2) is 9.59 Å². The van der Waals surface area contributed by atoms with Gasteiger partial charge in [-0.15, -0.1) is 0 Å². The average Bonchev–Trinajstić information content (AvgIpc) is 2.42. The van der Waals surface area contributed by atoms with Crippen molar-refractivity contribution in [1.29, 1.82) is 0 Å². The standard InChI is InChI=1S/C9H13N3O5/c1-9(2,3)17-8(16)10-5-4(7(14)15)6(13)12-11-5/h1-3H3,(H,14,15)(H3,10,11,12,13,16). The number of hydrogen-bond acceptors (Lipinski definition) is 4. The third-order valence-electron chi connectivity index (χ3n) is 1.62. The zero-order chi connectivity index (χ0) is 13.2. The van der Waals surface area contributed by atoms with Crippen molar-refractivity contribution >= 4 is 17.9 Å². The van der Waals surface area contributed by atoms with Crippen LogP contribution in [0.25, 0.3) is 0 Å². The molecule has 0 aliphatic rings. The van der Waals surface area contributed by atoms with E-state index in [1.807, 2.05) is 0 Å². The summed E-state index contributed by atoms with van der Waals surface area (Å²) in [6.07, 6.45) is -0.852. The molecule has 8 heteroatoms. The topological polar surface area (TPSA) is 124 Å². The summed E-state index contributed by atoms with van der Waals surface area (Å²) in [5, 5.41) is 15.2. The summed E-state index contributed by atoms with van der Waals surface area (Å²) in [5.74, 6) is -1.68. The van der Waals surface area contributed by atoms with Crippen molar-refractivity contribution in [3.63, 3.8) is 0 Å². The Hall–Kier alpha value is -2.25. The molecule has 0 saturated heterocycles. The van der Waals surface area contributed by atoms with Crippen molar-refractivity contribution in [3.8, 4) is 0 Å². The number of hydrogen-bond donors (Lipinski definition) is 4. The minimum absolute atomic E-state index is 0.239. The molecule has 0 fully saturated rings. The minimum Gasteiger partial charge on any atom is -0.477 e. The lowest BCUT2D eigenvalue weighted by Crippen LogP contribution is -2.28. The van der Waals surface area contributed by atoms with Crippen molar-refractivity contribution in [2.24, 2.45) is 0 Å². The molecule has 0 spiro atoms. The third-order valence-corrected chi connectivity index (χ3v) is 1.62. The number of amides is 1. The number of carbonyl (C=O) groups is 2. The van der Waals surface area contributed by atoms with Crippen LogP contribution in [0.4, 0.5) is 10.6 Å². The number of carbonyl (C=O) groups excluding carboxylic acids is 1. The van der Waals surface area contributed by atoms with Crippen LogP contribution >= 0.6 is 0 Å². The van der Waals surface area contributed by atoms with E-state index in [9.17, 15) is 14.4 Å². The lowest BCUT2D eigenvalue weighted by Gasteiger charge is -2.19. The number of aromatic amines is 2. The summed E-state index contributed by atoms with van der Waals surface area (Å²) in [5.41, 5.74) is -2.12. The van der Waals surface area contributed by atoms with E-state index in [0.29, 0.717) is 0 Å². The molecule has 1 amide bonds. The maximum absolute atomic E-state index is 11.3. The van der Waals surface area contributed by atoms with Gasteiger partial charge >= 0.3 is 12.1 Å². The number of carboxylic acid groups (broad SMARTS) is 1. The molecule has 17 heavy (non-hydrogen) atoms. The van der Waals surface area contributed by atoms with Gasteiger partial charge in [-0.3, -0.25) is 20.3 Å². The van der Waals surface area contributed by atoms with Crippen molar-refractivity contribution in [3.05, 3.63) is 15.9 Å². The van der Waals surface area contributed by atoms with E-state index in [1.165, 1.54) is 0 Å². The highest BCUT2D eigenvalue weighted by Crippen LogP contribution is 2.11. The Bertz CT molecular complexity index is 493. The molecule has 1 aromatic heterocycles. The van der Waals surface area contributed by atoms with Gasteiger partial charge in [-0.2, -0.15) is 0 Å². The maximum Gasteiger partial charge on any atom is 0.413 e. The molecule has 0 unspecified atom stereocenters. The van der Waals surface area contributed by atoms with E-state index in [4.69, 9.17) is 9.84 Å². The second kappa shape index (κ2) is 4.32. The van der Waals surface area contributed by atoms with Crippen molar-refractivity contribution in [2.45, 2.75) is 26.4 Å². The Morgan fingerprint density at radius 1 is 1.29 bits per heavy atom. The minimum atomic E-state index is -1.45. The van der Waals surface area contributed by atoms with Gasteiger partial charge in [-0.05, 0) is 20.8 Å². The summed E-state index contributed by atoms with van der Waals surface area (Å²) >= 11 is 0. The van der Waals surface area contributed by atoms with Gasteiger partial charge in [0.1, 0.15) is 11.4 Å². The molecule has 0 atom stereocenters. The number of aromatic nitrogens is 2. The Morgan fingerprint density at radius 2 is 1.88 bits per heavy atom. The van der Waals surface area contributed by atoms with Crippen molar-refractivity contribution in [2.75, 3.05) is 5.32 Å². The van der Waals surface area contributed by atoms with Crippen LogP contribution in [0.15, 0.2) is 4.79 Å². The van der Waals surface area contributed by atoms with Crippen LogP contribution in [0.1, 0.15) is 31.1 Å². The quantitative estimate of drug-likeness (QED) is 0.610. The third kappa shape index (κ3) is 3.37. The fourth-order valence-corrected chi connectivity index (χ4v) is 1.06. The Labute approximate surface area is 96.0 Å². The van der Waals surface area contributed by atoms with Gasteiger partial charge in [0, 0.05) is 0 Å². The number of anilines is 1. The SMILES string of the molecule is CC(C)(C)OC(=O)Nc1[nH][nH]c(=O)c1C(=O)O. The van der Waals surface area contributed by atoms with Crippen LogP contribution in [0.2, 0.25) is 0 Å². The molecule has 0 aromatic carbocycles. The van der Waals surface area contributed by atoms with E-state index >= 15 is 0 Å². The van der Waals surface area contributed by atoms with Crippen LogP contribution in [-0.2, 0) is 4.74 Å². The van der Waals surface area contributed by atoms with Gasteiger partial charge in [0.2, 0.25) is 0 Å². The van der Waals surface area contributed by atoms with E-state index in [0.717, 1.165) is 0 Å². The molecule has 1 rings (SSSR count). The van der Waals surface area contributed by atoms with Crippen molar-refractivity contribution in [1.82, 2.24) is 10.2 Å². The molecule has 0 aliphatic carbocycles. The number of rotatable bonds is 2. The van der Waals surface area contributed by atoms with Crippen molar-refractivity contribution < 1.29 is 19.4 Å². The monoisotopic (exact) mass is 243 g/mol. The predicted octanol–water partition coefficient (Wildman–Crippen LogP) is 0.748. The van der Waals surface area contributed by atoms with Crippen LogP contribution in [0.5, 0.6) is 0 Å². The number of aromatic carboxylic acids is 1. The molecule has 94 valence electrons. The molecule has 0 saturated carbocycles. The van der Waals surface area contributed by atoms with Gasteiger partial charge < -0.3 is 9.84 Å². The number of nitrogens with one attached hydrogen (secondary N) is 3. The number of ether oxygens (including phenoxy) is 1. The first-order valence-electron chi connectivity index (χ1n) is 4.74. The molecule has 1 heterocycles. The molecule has 8 nitrogen and oxygen atoms in total. The first kappa shape index (κ1) is 12.8. The van der Waals surface area contributed by atoms with Crippen LogP contribution in [0.3, 0.4) is 0 Å². The zero-order valence-corrected chi connectivity index (χ0v) is 9.58. The summed E-state index contributed by atoms with van der Waals surface area (Å²) in [6.45, 7) is 4.97. The van der Waals surface area contributed by atoms with Gasteiger partial charge in [0.05, 0.1) is 0 Å². The largest absolute Gasteiger partial charge is 0.477 e. The molecular weight excluding hydrogens is 230 g/mol. The smallest absolute Gasteiger partial charge is 0.413 e. The molecule has 0 radical (unpaired) electrons. The first-order chi connectivity index (χ1) is 7.70. The van der Waals surface area contributed by atoms with Crippen LogP contribution < -0.4 is 10.9 Å². The molecule has 0 bridgehead atoms. The second-order valence-electron chi connectivity index (χ2n) is 4.26. The van der Waals surface area contributed by atoms with Gasteiger partial charge in [0.25, 0.3) is 5.56 Å². The summed E-state index contributed by atoms with van der Waals surface area (Å²) < 4.78 is 4.91. The highest BCUT2D eigenvalue weighted by Gasteiger charge is 2.22. The van der Waals surface area contributed by atoms with Gasteiger partial charge in [-0.1, -0.05) is 0 Å². The average molecular weight is 243 g/mol. The van der Waals surface area contributed by atoms with Gasteiger partial charge in [0.15, 0.2) is 5.56 Å². The highest BCUT2D eigenvalue weighted by atomic mass is 16.6. The normalized spacial score (nSPS) is 11.0. The van der Waals surface area contributed by atoms with Crippen LogP contribution in [0, 0.1) is 0 Å². The summed E-state index contributed by atoms with van der Waals surface area (Å²) in [7, 11) is 0. The Kier molecular flexibility index (Phi) is 3.26. The molecule has 4 N–H and O–H groups in total. The fraction of sp³-hybridized carbons (Fsp3) is 0.444. The molecule has 0 aliphatic heterocycles.